The van der Waals surface area contributed by atoms with Crippen molar-refractivity contribution >= 4 is 34.5 Å². The van der Waals surface area contributed by atoms with Crippen molar-refractivity contribution in [1.29, 1.82) is 0 Å². The summed E-state index contributed by atoms with van der Waals surface area (Å²) in [7, 11) is 0. The Kier molecular flexibility index (Phi) is 7.71. The molecule has 168 valence electrons. The number of nitrogens with one attached hydrogen (secondary N) is 1. The van der Waals surface area contributed by atoms with E-state index in [1.807, 2.05) is 35.0 Å². The minimum absolute atomic E-state index is 0.0708. The van der Waals surface area contributed by atoms with Gasteiger partial charge in [0.15, 0.2) is 0 Å². The molecule has 1 aliphatic rings. The van der Waals surface area contributed by atoms with Crippen LogP contribution in [0.5, 0.6) is 0 Å². The number of nitrogens with zero attached hydrogens (tertiary/aromatic N) is 1. The van der Waals surface area contributed by atoms with E-state index in [2.05, 4.69) is 5.32 Å². The van der Waals surface area contributed by atoms with Crippen LogP contribution in [0, 0.1) is 5.82 Å². The van der Waals surface area contributed by atoms with E-state index in [-0.39, 0.29) is 36.4 Å². The second kappa shape index (κ2) is 10.9. The highest BCUT2D eigenvalue weighted by Gasteiger charge is 2.34. The summed E-state index contributed by atoms with van der Waals surface area (Å²) in [5, 5.41) is 6.99. The fourth-order valence-corrected chi connectivity index (χ4v) is 5.63. The van der Waals surface area contributed by atoms with Crippen molar-refractivity contribution in [1.82, 2.24) is 10.2 Å². The van der Waals surface area contributed by atoms with E-state index in [0.717, 1.165) is 35.4 Å². The maximum absolute atomic E-state index is 14.9. The molecule has 1 N–H and O–H groups in total. The molecule has 0 saturated heterocycles. The van der Waals surface area contributed by atoms with Crippen LogP contribution in [0.4, 0.5) is 4.39 Å². The van der Waals surface area contributed by atoms with Crippen LogP contribution in [-0.2, 0) is 22.6 Å². The third-order valence-electron chi connectivity index (χ3n) is 5.84. The predicted molar refractivity (Wildman–Crippen MR) is 127 cm³/mol. The molecule has 2 amide bonds. The zero-order valence-electron chi connectivity index (χ0n) is 17.8. The Morgan fingerprint density at radius 1 is 0.969 bits per heavy atom. The lowest BCUT2D eigenvalue weighted by Crippen LogP contribution is -2.47. The van der Waals surface area contributed by atoms with Crippen LogP contribution in [0.25, 0.3) is 0 Å². The SMILES string of the molecule is O=C(NC1CCCCC1)[C@@H](c1ccccc1F)N(Cc1cccs1)C(=O)Cc1cccs1. The molecule has 0 aliphatic heterocycles. The lowest BCUT2D eigenvalue weighted by atomic mass is 9.94. The normalized spacial score (nSPS) is 15.3. The number of halogens is 1. The topological polar surface area (TPSA) is 49.4 Å². The highest BCUT2D eigenvalue weighted by atomic mass is 32.1. The van der Waals surface area contributed by atoms with Gasteiger partial charge in [-0.25, -0.2) is 4.39 Å². The first-order valence-electron chi connectivity index (χ1n) is 11.0. The van der Waals surface area contributed by atoms with Gasteiger partial charge in [-0.05, 0) is 41.8 Å². The van der Waals surface area contributed by atoms with Gasteiger partial charge in [0.2, 0.25) is 11.8 Å². The third-order valence-corrected chi connectivity index (χ3v) is 7.58. The monoisotopic (exact) mass is 470 g/mol. The molecule has 7 heteroatoms. The van der Waals surface area contributed by atoms with E-state index in [1.165, 1.54) is 35.2 Å². The van der Waals surface area contributed by atoms with Gasteiger partial charge in [0.25, 0.3) is 0 Å². The van der Waals surface area contributed by atoms with Gasteiger partial charge in [0, 0.05) is 21.4 Å². The van der Waals surface area contributed by atoms with Crippen molar-refractivity contribution in [3.8, 4) is 0 Å². The Morgan fingerprint density at radius 3 is 2.31 bits per heavy atom. The van der Waals surface area contributed by atoms with Gasteiger partial charge in [-0.2, -0.15) is 0 Å². The van der Waals surface area contributed by atoms with Crippen LogP contribution >= 0.6 is 22.7 Å². The number of hydrogen-bond donors (Lipinski definition) is 1. The molecule has 4 rings (SSSR count). The van der Waals surface area contributed by atoms with Gasteiger partial charge >= 0.3 is 0 Å². The summed E-state index contributed by atoms with van der Waals surface area (Å²) in [5.41, 5.74) is 0.233. The number of carbonyl (C=O) groups excluding carboxylic acids is 2. The van der Waals surface area contributed by atoms with Crippen molar-refractivity contribution in [3.05, 3.63) is 80.4 Å². The van der Waals surface area contributed by atoms with Crippen LogP contribution in [0.3, 0.4) is 0 Å². The van der Waals surface area contributed by atoms with Gasteiger partial charge in [0.1, 0.15) is 11.9 Å². The summed E-state index contributed by atoms with van der Waals surface area (Å²) >= 11 is 3.03. The summed E-state index contributed by atoms with van der Waals surface area (Å²) in [6.45, 7) is 0.263. The summed E-state index contributed by atoms with van der Waals surface area (Å²) in [5.74, 6) is -0.970. The van der Waals surface area contributed by atoms with Gasteiger partial charge in [-0.1, -0.05) is 49.6 Å². The zero-order chi connectivity index (χ0) is 22.3. The molecule has 3 aromatic rings. The van der Waals surface area contributed by atoms with Gasteiger partial charge in [-0.15, -0.1) is 22.7 Å². The average Bonchev–Trinajstić information content (AvgIpc) is 3.49. The second-order valence-corrected chi connectivity index (χ2v) is 10.2. The number of thiophene rings is 2. The first-order chi connectivity index (χ1) is 15.6. The Labute approximate surface area is 196 Å². The molecular weight excluding hydrogens is 443 g/mol. The fourth-order valence-electron chi connectivity index (χ4n) is 4.23. The molecule has 0 spiro atoms. The molecule has 4 nitrogen and oxygen atoms in total. The smallest absolute Gasteiger partial charge is 0.247 e. The standard InChI is InChI=1S/C25H27FN2O2S2/c26-22-13-5-4-12-21(22)24(25(30)27-18-8-2-1-3-9-18)28(17-20-11-7-15-32-20)23(29)16-19-10-6-14-31-19/h4-7,10-15,18,24H,1-3,8-9,16-17H2,(H,27,30)/t24-/m1/s1. The van der Waals surface area contributed by atoms with Gasteiger partial charge < -0.3 is 10.2 Å². The van der Waals surface area contributed by atoms with Crippen molar-refractivity contribution in [2.24, 2.45) is 0 Å². The van der Waals surface area contributed by atoms with E-state index in [1.54, 1.807) is 23.1 Å². The van der Waals surface area contributed by atoms with E-state index < -0.39 is 11.9 Å². The minimum Gasteiger partial charge on any atom is -0.351 e. The largest absolute Gasteiger partial charge is 0.351 e. The molecule has 1 aromatic carbocycles. The number of hydrogen-bond acceptors (Lipinski definition) is 4. The van der Waals surface area contributed by atoms with E-state index in [9.17, 15) is 14.0 Å². The molecule has 0 radical (unpaired) electrons. The molecule has 1 saturated carbocycles. The van der Waals surface area contributed by atoms with Crippen LogP contribution in [-0.4, -0.2) is 22.8 Å². The van der Waals surface area contributed by atoms with Crippen molar-refractivity contribution in [3.63, 3.8) is 0 Å². The average molecular weight is 471 g/mol. The maximum Gasteiger partial charge on any atom is 0.247 e. The van der Waals surface area contributed by atoms with Crippen molar-refractivity contribution in [2.45, 2.75) is 57.2 Å². The highest BCUT2D eigenvalue weighted by Crippen LogP contribution is 2.29. The quantitative estimate of drug-likeness (QED) is 0.458. The predicted octanol–water partition coefficient (Wildman–Crippen LogP) is 5.71. The molecule has 1 atom stereocenters. The lowest BCUT2D eigenvalue weighted by molar-refractivity contribution is -0.141. The maximum atomic E-state index is 14.9. The van der Waals surface area contributed by atoms with Crippen LogP contribution < -0.4 is 5.32 Å². The van der Waals surface area contributed by atoms with E-state index in [4.69, 9.17) is 0 Å². The molecule has 2 heterocycles. The summed E-state index contributed by atoms with van der Waals surface area (Å²) < 4.78 is 14.9. The summed E-state index contributed by atoms with van der Waals surface area (Å²) in [6, 6.07) is 13.0. The molecular formula is C25H27FN2O2S2. The molecule has 1 fully saturated rings. The van der Waals surface area contributed by atoms with Gasteiger partial charge in [-0.3, -0.25) is 9.59 Å². The number of rotatable bonds is 8. The van der Waals surface area contributed by atoms with Crippen LogP contribution in [0.2, 0.25) is 0 Å². The second-order valence-electron chi connectivity index (χ2n) is 8.12. The number of carbonyl (C=O) groups is 2. The number of amides is 2. The molecule has 2 aromatic heterocycles. The van der Waals surface area contributed by atoms with Crippen LogP contribution in [0.1, 0.15) is 53.5 Å². The molecule has 0 bridgehead atoms. The van der Waals surface area contributed by atoms with Gasteiger partial charge in [0.05, 0.1) is 13.0 Å². The third kappa shape index (κ3) is 5.64. The Bertz CT molecular complexity index is 1010. The Balaban J connectivity index is 1.68. The van der Waals surface area contributed by atoms with E-state index in [0.29, 0.717) is 0 Å². The Morgan fingerprint density at radius 2 is 1.66 bits per heavy atom. The molecule has 0 unspecified atom stereocenters. The van der Waals surface area contributed by atoms with Crippen LogP contribution in [0.15, 0.2) is 59.3 Å². The summed E-state index contributed by atoms with van der Waals surface area (Å²) in [4.78, 5) is 30.5. The van der Waals surface area contributed by atoms with Crippen molar-refractivity contribution < 1.29 is 14.0 Å². The summed E-state index contributed by atoms with van der Waals surface area (Å²) in [6.07, 6.45) is 5.35. The van der Waals surface area contributed by atoms with E-state index >= 15 is 0 Å². The minimum atomic E-state index is -1.02. The fraction of sp³-hybridized carbons (Fsp3) is 0.360. The lowest BCUT2D eigenvalue weighted by Gasteiger charge is -2.33. The molecule has 1 aliphatic carbocycles. The first-order valence-corrected chi connectivity index (χ1v) is 12.8. The zero-order valence-corrected chi connectivity index (χ0v) is 19.5. The molecule has 32 heavy (non-hydrogen) atoms. The Hall–Kier alpha value is -2.51. The highest BCUT2D eigenvalue weighted by molar-refractivity contribution is 7.10. The van der Waals surface area contributed by atoms with Crippen molar-refractivity contribution in [2.75, 3.05) is 0 Å². The first kappa shape index (κ1) is 22.7. The number of benzene rings is 1.